The van der Waals surface area contributed by atoms with E-state index in [-0.39, 0.29) is 29.8 Å². The quantitative estimate of drug-likeness (QED) is 0.384. The molecule has 0 saturated carbocycles. The van der Waals surface area contributed by atoms with Crippen LogP contribution in [0.25, 0.3) is 17.0 Å². The predicted octanol–water partition coefficient (Wildman–Crippen LogP) is 4.02. The topological polar surface area (TPSA) is 121 Å². The van der Waals surface area contributed by atoms with Crippen LogP contribution in [0.15, 0.2) is 60.9 Å². The molecule has 0 aliphatic rings. The Kier molecular flexibility index (Phi) is 5.77. The average molecular weight is 471 g/mol. The molecule has 35 heavy (non-hydrogen) atoms. The number of rotatable bonds is 6. The molecule has 5 aromatic rings. The third-order valence-electron chi connectivity index (χ3n) is 5.64. The van der Waals surface area contributed by atoms with Crippen LogP contribution in [-0.4, -0.2) is 29.7 Å². The van der Waals surface area contributed by atoms with Crippen molar-refractivity contribution in [2.45, 2.75) is 19.8 Å². The molecule has 175 valence electrons. The number of nitrogens with zero attached hydrogens (tertiary/aromatic N) is 6. The van der Waals surface area contributed by atoms with Crippen molar-refractivity contribution in [1.82, 2.24) is 29.7 Å². The van der Waals surface area contributed by atoms with Gasteiger partial charge in [0.1, 0.15) is 28.8 Å². The van der Waals surface area contributed by atoms with E-state index in [1.54, 1.807) is 24.4 Å². The zero-order valence-electron chi connectivity index (χ0n) is 18.8. The minimum atomic E-state index is -0.564. The normalized spacial score (nSPS) is 11.4. The zero-order chi connectivity index (χ0) is 24.5. The molecule has 0 atom stereocenters. The van der Waals surface area contributed by atoms with Crippen LogP contribution in [-0.2, 0) is 6.42 Å². The van der Waals surface area contributed by atoms with E-state index in [1.165, 1.54) is 16.8 Å². The van der Waals surface area contributed by atoms with Gasteiger partial charge in [0.05, 0.1) is 34.6 Å². The number of nitrogen functional groups attached to an aromatic ring is 2. The summed E-state index contributed by atoms with van der Waals surface area (Å²) in [6.07, 6.45) is 3.51. The molecule has 4 aromatic heterocycles. The maximum Gasteiger partial charge on any atom is 0.255 e. The van der Waals surface area contributed by atoms with E-state index < -0.39 is 5.82 Å². The molecule has 0 unspecified atom stereocenters. The fraction of sp³-hybridized carbons (Fsp3) is 0.120. The van der Waals surface area contributed by atoms with Gasteiger partial charge in [-0.3, -0.25) is 4.98 Å². The lowest BCUT2D eigenvalue weighted by molar-refractivity contribution is 0.613. The van der Waals surface area contributed by atoms with Crippen molar-refractivity contribution >= 4 is 22.7 Å². The summed E-state index contributed by atoms with van der Waals surface area (Å²) in [5.74, 6) is 0.189. The van der Waals surface area contributed by atoms with Gasteiger partial charge >= 0.3 is 0 Å². The summed E-state index contributed by atoms with van der Waals surface area (Å²) in [4.78, 5) is 17.4. The van der Waals surface area contributed by atoms with Crippen LogP contribution < -0.4 is 11.5 Å². The van der Waals surface area contributed by atoms with Gasteiger partial charge in [-0.15, -0.1) is 0 Å². The second-order valence-corrected chi connectivity index (χ2v) is 7.86. The van der Waals surface area contributed by atoms with E-state index in [9.17, 15) is 8.78 Å². The van der Waals surface area contributed by atoms with E-state index in [0.717, 1.165) is 12.1 Å². The minimum absolute atomic E-state index is 0.0532. The lowest BCUT2D eigenvalue weighted by atomic mass is 9.93. The van der Waals surface area contributed by atoms with Crippen LogP contribution in [0.4, 0.5) is 20.4 Å². The van der Waals surface area contributed by atoms with Crippen molar-refractivity contribution in [3.63, 3.8) is 0 Å². The predicted molar refractivity (Wildman–Crippen MR) is 128 cm³/mol. The Bertz CT molecular complexity index is 1490. The van der Waals surface area contributed by atoms with Crippen molar-refractivity contribution in [3.05, 3.63) is 101 Å². The molecule has 0 spiro atoms. The highest BCUT2D eigenvalue weighted by atomic mass is 19.1. The Morgan fingerprint density at radius 2 is 1.71 bits per heavy atom. The Hall–Kier alpha value is -4.47. The molecule has 4 heterocycles. The zero-order valence-corrected chi connectivity index (χ0v) is 18.8. The molecular formula is C25H21F2N8. The molecule has 5 rings (SSSR count). The van der Waals surface area contributed by atoms with Gasteiger partial charge in [-0.2, -0.15) is 19.7 Å². The van der Waals surface area contributed by atoms with Crippen molar-refractivity contribution in [2.75, 3.05) is 11.5 Å². The molecule has 1 radical (unpaired) electrons. The van der Waals surface area contributed by atoms with Crippen LogP contribution >= 0.6 is 0 Å². The van der Waals surface area contributed by atoms with E-state index in [2.05, 4.69) is 25.0 Å². The Labute approximate surface area is 199 Å². The molecule has 0 aliphatic heterocycles. The average Bonchev–Trinajstić information content (AvgIpc) is 3.20. The van der Waals surface area contributed by atoms with Crippen LogP contribution in [0.5, 0.6) is 0 Å². The molecular weight excluding hydrogens is 450 g/mol. The number of hydrogen-bond donors (Lipinski definition) is 2. The lowest BCUT2D eigenvalue weighted by Gasteiger charge is -2.18. The smallest absolute Gasteiger partial charge is 0.255 e. The third-order valence-corrected chi connectivity index (χ3v) is 5.64. The highest BCUT2D eigenvalue weighted by Crippen LogP contribution is 2.33. The second-order valence-electron chi connectivity index (χ2n) is 7.86. The number of halogens is 2. The molecule has 0 bridgehead atoms. The summed E-state index contributed by atoms with van der Waals surface area (Å²) in [7, 11) is 0. The van der Waals surface area contributed by atoms with Gasteiger partial charge in [0, 0.05) is 18.7 Å². The fourth-order valence-corrected chi connectivity index (χ4v) is 4.04. The standard InChI is InChI=1S/C25H21F2N8/c1-2-16(18-9-5-6-10-30-18)21-23(28)32-25(33-24(21)29)35-20-12-15(26)13-31-22(20)19(34-35)11-14-7-3-4-8-17(14)27/h3-10,12-13H,2,11H2,1H3,(H4,28,29,32,33). The molecule has 0 fully saturated rings. The summed E-state index contributed by atoms with van der Waals surface area (Å²) < 4.78 is 29.7. The number of fused-ring (bicyclic) bond motifs is 1. The van der Waals surface area contributed by atoms with E-state index in [0.29, 0.717) is 40.0 Å². The summed E-state index contributed by atoms with van der Waals surface area (Å²) in [6.45, 7) is 1.96. The van der Waals surface area contributed by atoms with Gasteiger partial charge in [0.2, 0.25) is 0 Å². The van der Waals surface area contributed by atoms with Gasteiger partial charge in [-0.05, 0) is 30.2 Å². The SMILES string of the molecule is CC[C](c1ccccn1)c1c(N)nc(-n2nc(Cc3ccccc3F)c3ncc(F)cc32)nc1N. The summed E-state index contributed by atoms with van der Waals surface area (Å²) in [5, 5.41) is 4.54. The Morgan fingerprint density at radius 1 is 0.971 bits per heavy atom. The molecule has 0 amide bonds. The first-order valence-electron chi connectivity index (χ1n) is 10.9. The summed E-state index contributed by atoms with van der Waals surface area (Å²) in [6, 6.07) is 13.2. The number of anilines is 2. The first kappa shape index (κ1) is 22.3. The van der Waals surface area contributed by atoms with Crippen molar-refractivity contribution in [1.29, 1.82) is 0 Å². The fourth-order valence-electron chi connectivity index (χ4n) is 4.04. The van der Waals surface area contributed by atoms with Gasteiger partial charge in [0.25, 0.3) is 5.95 Å². The van der Waals surface area contributed by atoms with Crippen LogP contribution in [0.3, 0.4) is 0 Å². The molecule has 1 aromatic carbocycles. The highest BCUT2D eigenvalue weighted by molar-refractivity contribution is 5.79. The van der Waals surface area contributed by atoms with Crippen molar-refractivity contribution < 1.29 is 8.78 Å². The first-order valence-corrected chi connectivity index (χ1v) is 10.9. The maximum atomic E-state index is 14.3. The third kappa shape index (κ3) is 4.14. The number of aromatic nitrogens is 6. The lowest BCUT2D eigenvalue weighted by Crippen LogP contribution is -2.16. The number of hydrogen-bond acceptors (Lipinski definition) is 7. The van der Waals surface area contributed by atoms with Crippen molar-refractivity contribution in [3.8, 4) is 5.95 Å². The van der Waals surface area contributed by atoms with E-state index in [1.807, 2.05) is 25.1 Å². The monoisotopic (exact) mass is 471 g/mol. The molecule has 8 nitrogen and oxygen atoms in total. The largest absolute Gasteiger partial charge is 0.383 e. The molecule has 0 saturated heterocycles. The summed E-state index contributed by atoms with van der Waals surface area (Å²) in [5.41, 5.74) is 15.5. The van der Waals surface area contributed by atoms with Gasteiger partial charge in [-0.1, -0.05) is 31.2 Å². The van der Waals surface area contributed by atoms with Crippen LogP contribution in [0.2, 0.25) is 0 Å². The highest BCUT2D eigenvalue weighted by Gasteiger charge is 2.24. The van der Waals surface area contributed by atoms with Crippen molar-refractivity contribution in [2.24, 2.45) is 0 Å². The first-order chi connectivity index (χ1) is 17.0. The van der Waals surface area contributed by atoms with Gasteiger partial charge < -0.3 is 11.5 Å². The molecule has 0 aliphatic carbocycles. The minimum Gasteiger partial charge on any atom is -0.383 e. The van der Waals surface area contributed by atoms with Crippen LogP contribution in [0.1, 0.15) is 35.9 Å². The Morgan fingerprint density at radius 3 is 2.40 bits per heavy atom. The maximum absolute atomic E-state index is 14.3. The van der Waals surface area contributed by atoms with E-state index >= 15 is 0 Å². The van der Waals surface area contributed by atoms with Gasteiger partial charge in [0.15, 0.2) is 0 Å². The van der Waals surface area contributed by atoms with Crippen LogP contribution in [0, 0.1) is 17.6 Å². The second kappa shape index (κ2) is 9.05. The molecule has 10 heteroatoms. The number of nitrogens with two attached hydrogens (primary N) is 2. The van der Waals surface area contributed by atoms with Gasteiger partial charge in [-0.25, -0.2) is 13.8 Å². The number of pyridine rings is 2. The van der Waals surface area contributed by atoms with E-state index in [4.69, 9.17) is 11.5 Å². The summed E-state index contributed by atoms with van der Waals surface area (Å²) >= 11 is 0. The molecule has 4 N–H and O–H groups in total. The number of benzene rings is 1. The Balaban J connectivity index is 1.63.